The standard InChI is InChI=1S/C12H15NO/c1-2-12-11(5-8-14-12)10-4-7-13-6-3-9(1)10/h4,7,13H,1-3,5-6,8H2. The molecule has 14 heavy (non-hydrogen) atoms. The first-order valence-electron chi connectivity index (χ1n) is 5.42. The molecule has 74 valence electrons. The Morgan fingerprint density at radius 1 is 1.14 bits per heavy atom. The van der Waals surface area contributed by atoms with E-state index in [2.05, 4.69) is 17.6 Å². The number of rotatable bonds is 0. The highest BCUT2D eigenvalue weighted by Crippen LogP contribution is 2.38. The Kier molecular flexibility index (Phi) is 1.86. The quantitative estimate of drug-likeness (QED) is 0.631. The number of allylic oxidation sites excluding steroid dienone is 3. The number of hydrogen-bond donors (Lipinski definition) is 1. The van der Waals surface area contributed by atoms with E-state index in [9.17, 15) is 0 Å². The van der Waals surface area contributed by atoms with Crippen molar-refractivity contribution in [3.8, 4) is 0 Å². The summed E-state index contributed by atoms with van der Waals surface area (Å²) in [6.45, 7) is 1.97. The van der Waals surface area contributed by atoms with Crippen LogP contribution in [0.25, 0.3) is 0 Å². The maximum atomic E-state index is 5.64. The van der Waals surface area contributed by atoms with Crippen LogP contribution in [0.1, 0.15) is 25.7 Å². The van der Waals surface area contributed by atoms with Crippen molar-refractivity contribution in [1.82, 2.24) is 5.32 Å². The average Bonchev–Trinajstić information content (AvgIpc) is 2.55. The first kappa shape index (κ1) is 8.16. The lowest BCUT2D eigenvalue weighted by molar-refractivity contribution is 0.233. The maximum Gasteiger partial charge on any atom is 0.100 e. The van der Waals surface area contributed by atoms with Crippen molar-refractivity contribution in [2.24, 2.45) is 0 Å². The van der Waals surface area contributed by atoms with Gasteiger partial charge in [-0.3, -0.25) is 0 Å². The van der Waals surface area contributed by atoms with Crippen LogP contribution in [0.5, 0.6) is 0 Å². The van der Waals surface area contributed by atoms with Gasteiger partial charge in [0.15, 0.2) is 0 Å². The highest BCUT2D eigenvalue weighted by molar-refractivity contribution is 5.49. The second-order valence-corrected chi connectivity index (χ2v) is 4.05. The van der Waals surface area contributed by atoms with Gasteiger partial charge in [-0.15, -0.1) is 0 Å². The minimum atomic E-state index is 0.892. The van der Waals surface area contributed by atoms with E-state index in [-0.39, 0.29) is 0 Å². The predicted molar refractivity (Wildman–Crippen MR) is 55.6 cm³/mol. The van der Waals surface area contributed by atoms with Crippen molar-refractivity contribution < 1.29 is 4.74 Å². The Balaban J connectivity index is 2.04. The topological polar surface area (TPSA) is 21.3 Å². The van der Waals surface area contributed by atoms with E-state index < -0.39 is 0 Å². The third-order valence-electron chi connectivity index (χ3n) is 3.26. The van der Waals surface area contributed by atoms with Crippen molar-refractivity contribution in [2.45, 2.75) is 25.7 Å². The molecule has 3 rings (SSSR count). The molecule has 3 aliphatic rings. The summed E-state index contributed by atoms with van der Waals surface area (Å²) < 4.78 is 5.64. The summed E-state index contributed by atoms with van der Waals surface area (Å²) in [4.78, 5) is 0. The second-order valence-electron chi connectivity index (χ2n) is 4.05. The van der Waals surface area contributed by atoms with Crippen LogP contribution in [0.2, 0.25) is 0 Å². The van der Waals surface area contributed by atoms with Crippen LogP contribution in [0, 0.1) is 0 Å². The number of hydrogen-bond acceptors (Lipinski definition) is 2. The fourth-order valence-corrected chi connectivity index (χ4v) is 2.55. The molecule has 1 N–H and O–H groups in total. The van der Waals surface area contributed by atoms with Crippen molar-refractivity contribution >= 4 is 0 Å². The Labute approximate surface area is 84.3 Å². The molecule has 2 aliphatic heterocycles. The zero-order valence-corrected chi connectivity index (χ0v) is 8.31. The lowest BCUT2D eigenvalue weighted by atomic mass is 9.88. The summed E-state index contributed by atoms with van der Waals surface area (Å²) >= 11 is 0. The monoisotopic (exact) mass is 189 g/mol. The molecule has 0 saturated heterocycles. The molecule has 0 bridgehead atoms. The summed E-state index contributed by atoms with van der Waals surface area (Å²) in [5, 5.41) is 3.30. The van der Waals surface area contributed by atoms with E-state index in [1.807, 2.05) is 0 Å². The summed E-state index contributed by atoms with van der Waals surface area (Å²) in [5.41, 5.74) is 4.57. The number of fused-ring (bicyclic) bond motifs is 1. The molecule has 0 spiro atoms. The fraction of sp³-hybridized carbons (Fsp3) is 0.500. The predicted octanol–water partition coefficient (Wildman–Crippen LogP) is 2.26. The van der Waals surface area contributed by atoms with Gasteiger partial charge in [-0.25, -0.2) is 0 Å². The first-order valence-corrected chi connectivity index (χ1v) is 5.42. The fourth-order valence-electron chi connectivity index (χ4n) is 2.55. The smallest absolute Gasteiger partial charge is 0.100 e. The molecular formula is C12H15NO. The molecule has 0 unspecified atom stereocenters. The molecule has 2 nitrogen and oxygen atoms in total. The summed E-state index contributed by atoms with van der Waals surface area (Å²) in [6.07, 6.45) is 8.93. The van der Waals surface area contributed by atoms with E-state index in [4.69, 9.17) is 4.74 Å². The molecule has 2 heterocycles. The first-order chi connectivity index (χ1) is 6.95. The van der Waals surface area contributed by atoms with Crippen LogP contribution in [-0.2, 0) is 4.74 Å². The molecule has 2 heteroatoms. The number of nitrogens with one attached hydrogen (secondary N) is 1. The highest BCUT2D eigenvalue weighted by Gasteiger charge is 2.25. The van der Waals surface area contributed by atoms with Gasteiger partial charge in [-0.1, -0.05) is 5.57 Å². The van der Waals surface area contributed by atoms with Crippen LogP contribution in [-0.4, -0.2) is 13.2 Å². The van der Waals surface area contributed by atoms with Gasteiger partial charge in [0.05, 0.1) is 6.61 Å². The van der Waals surface area contributed by atoms with Crippen LogP contribution < -0.4 is 5.32 Å². The van der Waals surface area contributed by atoms with Gasteiger partial charge >= 0.3 is 0 Å². The summed E-state index contributed by atoms with van der Waals surface area (Å²) in [5.74, 6) is 1.26. The molecule has 0 amide bonds. The highest BCUT2D eigenvalue weighted by atomic mass is 16.5. The number of ether oxygens (including phenoxy) is 1. The van der Waals surface area contributed by atoms with Gasteiger partial charge in [-0.05, 0) is 30.7 Å². The van der Waals surface area contributed by atoms with E-state index in [0.29, 0.717) is 0 Å². The Morgan fingerprint density at radius 3 is 3.14 bits per heavy atom. The molecule has 0 aromatic carbocycles. The zero-order valence-electron chi connectivity index (χ0n) is 8.31. The van der Waals surface area contributed by atoms with Crippen molar-refractivity contribution in [3.63, 3.8) is 0 Å². The van der Waals surface area contributed by atoms with E-state index in [1.54, 1.807) is 5.57 Å². The van der Waals surface area contributed by atoms with Crippen molar-refractivity contribution in [1.29, 1.82) is 0 Å². The van der Waals surface area contributed by atoms with Gasteiger partial charge in [0.25, 0.3) is 0 Å². The van der Waals surface area contributed by atoms with E-state index in [0.717, 1.165) is 26.0 Å². The molecule has 0 aromatic rings. The van der Waals surface area contributed by atoms with Gasteiger partial charge in [-0.2, -0.15) is 0 Å². The molecule has 0 fully saturated rings. The largest absolute Gasteiger partial charge is 0.497 e. The van der Waals surface area contributed by atoms with Crippen molar-refractivity contribution in [3.05, 3.63) is 34.8 Å². The SMILES string of the molecule is C1=CC2=C(CCN1)CCC1=C2CCO1. The summed E-state index contributed by atoms with van der Waals surface area (Å²) in [7, 11) is 0. The molecule has 0 radical (unpaired) electrons. The van der Waals surface area contributed by atoms with E-state index in [1.165, 1.54) is 29.7 Å². The average molecular weight is 189 g/mol. The molecule has 0 aromatic heterocycles. The minimum Gasteiger partial charge on any atom is -0.497 e. The van der Waals surface area contributed by atoms with Gasteiger partial charge in [0, 0.05) is 25.0 Å². The van der Waals surface area contributed by atoms with Crippen LogP contribution in [0.4, 0.5) is 0 Å². The molecule has 0 saturated carbocycles. The van der Waals surface area contributed by atoms with Gasteiger partial charge in [0.1, 0.15) is 5.76 Å². The lowest BCUT2D eigenvalue weighted by Gasteiger charge is -2.18. The minimum absolute atomic E-state index is 0.892. The second kappa shape index (κ2) is 3.19. The Bertz CT molecular complexity index is 349. The zero-order chi connectivity index (χ0) is 9.38. The Morgan fingerprint density at radius 2 is 2.14 bits per heavy atom. The molecular weight excluding hydrogens is 174 g/mol. The van der Waals surface area contributed by atoms with Crippen molar-refractivity contribution in [2.75, 3.05) is 13.2 Å². The normalized spacial score (nSPS) is 25.1. The third-order valence-corrected chi connectivity index (χ3v) is 3.26. The van der Waals surface area contributed by atoms with E-state index >= 15 is 0 Å². The maximum absolute atomic E-state index is 5.64. The van der Waals surface area contributed by atoms with Crippen LogP contribution in [0.3, 0.4) is 0 Å². The third kappa shape index (κ3) is 1.17. The Hall–Kier alpha value is -1.18. The van der Waals surface area contributed by atoms with Crippen LogP contribution in [0.15, 0.2) is 34.8 Å². The van der Waals surface area contributed by atoms with Gasteiger partial charge < -0.3 is 10.1 Å². The van der Waals surface area contributed by atoms with Crippen LogP contribution >= 0.6 is 0 Å². The summed E-state index contributed by atoms with van der Waals surface area (Å²) in [6, 6.07) is 0. The lowest BCUT2D eigenvalue weighted by Crippen LogP contribution is -2.07. The van der Waals surface area contributed by atoms with Gasteiger partial charge in [0.2, 0.25) is 0 Å². The molecule has 1 aliphatic carbocycles. The molecule has 0 atom stereocenters.